The van der Waals surface area contributed by atoms with Gasteiger partial charge < -0.3 is 9.76 Å². The molecule has 0 spiro atoms. The normalized spacial score (nSPS) is 15.4. The maximum absolute atomic E-state index is 10.3. The van der Waals surface area contributed by atoms with Gasteiger partial charge in [0.25, 0.3) is 0 Å². The van der Waals surface area contributed by atoms with Crippen LogP contribution >= 0.6 is 0 Å². The summed E-state index contributed by atoms with van der Waals surface area (Å²) < 4.78 is 6.10. The highest BCUT2D eigenvalue weighted by Crippen LogP contribution is 2.49. The number of benzene rings is 3. The molecule has 3 aromatic rings. The van der Waals surface area contributed by atoms with Gasteiger partial charge >= 0.3 is 7.48 Å². The van der Waals surface area contributed by atoms with Gasteiger partial charge in [0, 0.05) is 5.41 Å². The summed E-state index contributed by atoms with van der Waals surface area (Å²) in [6, 6.07) is 19.9. The number of rotatable bonds is 4. The van der Waals surface area contributed by atoms with Crippen LogP contribution in [0.15, 0.2) is 54.6 Å². The molecular formula is C25H29BO2. The monoisotopic (exact) mass is 372 g/mol. The van der Waals surface area contributed by atoms with Crippen molar-refractivity contribution in [3.8, 4) is 11.1 Å². The lowest BCUT2D eigenvalue weighted by molar-refractivity contribution is -0.0893. The first-order valence-electron chi connectivity index (χ1n) is 10.0. The molecule has 0 radical (unpaired) electrons. The van der Waals surface area contributed by atoms with Gasteiger partial charge in [-0.25, -0.2) is 0 Å². The second kappa shape index (κ2) is 6.20. The summed E-state index contributed by atoms with van der Waals surface area (Å²) in [5.74, 6) is 0. The fraction of sp³-hybridized carbons (Fsp3) is 0.360. The van der Waals surface area contributed by atoms with Crippen LogP contribution in [0.1, 0.15) is 52.7 Å². The number of aliphatic hydroxyl groups is 1. The molecule has 144 valence electrons. The van der Waals surface area contributed by atoms with E-state index >= 15 is 0 Å². The summed E-state index contributed by atoms with van der Waals surface area (Å²) in [6.07, 6.45) is 0. The third-order valence-corrected chi connectivity index (χ3v) is 6.68. The predicted molar refractivity (Wildman–Crippen MR) is 120 cm³/mol. The average molecular weight is 372 g/mol. The molecule has 0 bridgehead atoms. The van der Waals surface area contributed by atoms with Gasteiger partial charge in [0.2, 0.25) is 0 Å². The van der Waals surface area contributed by atoms with Gasteiger partial charge in [-0.1, -0.05) is 61.8 Å². The molecular weight excluding hydrogens is 343 g/mol. The van der Waals surface area contributed by atoms with E-state index in [4.69, 9.17) is 4.65 Å². The fourth-order valence-corrected chi connectivity index (χ4v) is 4.00. The van der Waals surface area contributed by atoms with Crippen LogP contribution in [0.4, 0.5) is 0 Å². The van der Waals surface area contributed by atoms with Gasteiger partial charge in [-0.15, -0.1) is 0 Å². The van der Waals surface area contributed by atoms with Gasteiger partial charge in [0.05, 0.1) is 11.2 Å². The molecule has 1 aliphatic rings. The molecule has 0 unspecified atom stereocenters. The molecule has 1 N–H and O–H groups in total. The summed E-state index contributed by atoms with van der Waals surface area (Å²) >= 11 is 0. The maximum Gasteiger partial charge on any atom is 0.309 e. The fourth-order valence-electron chi connectivity index (χ4n) is 4.00. The minimum Gasteiger partial charge on any atom is -0.427 e. The Hall–Kier alpha value is -2.10. The molecule has 0 saturated carbocycles. The van der Waals surface area contributed by atoms with E-state index in [1.165, 1.54) is 33.0 Å². The highest BCUT2D eigenvalue weighted by atomic mass is 16.5. The lowest BCUT2D eigenvalue weighted by Gasteiger charge is -2.37. The van der Waals surface area contributed by atoms with E-state index in [2.05, 4.69) is 68.4 Å². The molecule has 3 heteroatoms. The molecule has 0 fully saturated rings. The van der Waals surface area contributed by atoms with Crippen LogP contribution in [0.5, 0.6) is 0 Å². The van der Waals surface area contributed by atoms with Gasteiger partial charge in [-0.2, -0.15) is 0 Å². The summed E-state index contributed by atoms with van der Waals surface area (Å²) in [5, 5.41) is 12.9. The Kier molecular flexibility index (Phi) is 4.26. The van der Waals surface area contributed by atoms with E-state index in [-0.39, 0.29) is 5.41 Å². The molecule has 2 nitrogen and oxygen atoms in total. The zero-order valence-electron chi connectivity index (χ0n) is 17.8. The Labute approximate surface area is 168 Å². The quantitative estimate of drug-likeness (QED) is 0.674. The maximum atomic E-state index is 10.3. The van der Waals surface area contributed by atoms with Crippen molar-refractivity contribution < 1.29 is 9.76 Å². The molecule has 1 aliphatic carbocycles. The Morgan fingerprint density at radius 2 is 1.43 bits per heavy atom. The van der Waals surface area contributed by atoms with Crippen LogP contribution in [0.3, 0.4) is 0 Å². The molecule has 0 saturated heterocycles. The Bertz CT molecular complexity index is 1060. The van der Waals surface area contributed by atoms with Crippen LogP contribution in [0.2, 0.25) is 0 Å². The van der Waals surface area contributed by atoms with Crippen LogP contribution in [-0.4, -0.2) is 23.8 Å². The van der Waals surface area contributed by atoms with Crippen molar-refractivity contribution in [3.05, 3.63) is 65.7 Å². The second-order valence-electron chi connectivity index (χ2n) is 9.61. The van der Waals surface area contributed by atoms with Crippen molar-refractivity contribution in [1.82, 2.24) is 0 Å². The summed E-state index contributed by atoms with van der Waals surface area (Å²) in [5.41, 5.74) is 4.95. The second-order valence-corrected chi connectivity index (χ2v) is 9.61. The number of fused-ring (bicyclic) bond motifs is 4. The highest BCUT2D eigenvalue weighted by molar-refractivity contribution is 6.47. The van der Waals surface area contributed by atoms with Crippen molar-refractivity contribution in [2.45, 2.75) is 58.2 Å². The first-order chi connectivity index (χ1) is 13.0. The summed E-state index contributed by atoms with van der Waals surface area (Å²) in [4.78, 5) is 0. The van der Waals surface area contributed by atoms with Crippen molar-refractivity contribution in [3.63, 3.8) is 0 Å². The predicted octanol–water partition coefficient (Wildman–Crippen LogP) is 4.69. The minimum absolute atomic E-state index is 0.0452. The number of hydrogen-bond acceptors (Lipinski definition) is 2. The van der Waals surface area contributed by atoms with E-state index in [9.17, 15) is 5.11 Å². The SMILES string of the molecule is CC1(C)c2cc(BOC(C)(C)C(C)(C)O)ccc2-c2cc3ccccc3cc21. The Morgan fingerprint density at radius 1 is 0.821 bits per heavy atom. The molecule has 0 aliphatic heterocycles. The zero-order valence-corrected chi connectivity index (χ0v) is 17.8. The van der Waals surface area contributed by atoms with Gasteiger partial charge in [0.15, 0.2) is 0 Å². The number of hydrogen-bond donors (Lipinski definition) is 1. The van der Waals surface area contributed by atoms with Gasteiger partial charge in [0.1, 0.15) is 0 Å². The first kappa shape index (κ1) is 19.2. The first-order valence-corrected chi connectivity index (χ1v) is 10.0. The van der Waals surface area contributed by atoms with E-state index < -0.39 is 11.2 Å². The lowest BCUT2D eigenvalue weighted by Crippen LogP contribution is -2.49. The van der Waals surface area contributed by atoms with Crippen LogP contribution in [-0.2, 0) is 10.1 Å². The Morgan fingerprint density at radius 3 is 2.07 bits per heavy atom. The van der Waals surface area contributed by atoms with E-state index in [0.29, 0.717) is 7.48 Å². The molecule has 28 heavy (non-hydrogen) atoms. The molecule has 0 aromatic heterocycles. The van der Waals surface area contributed by atoms with Crippen molar-refractivity contribution >= 4 is 23.7 Å². The molecule has 0 atom stereocenters. The molecule has 4 rings (SSSR count). The highest BCUT2D eigenvalue weighted by Gasteiger charge is 2.37. The largest absolute Gasteiger partial charge is 0.427 e. The Balaban J connectivity index is 1.72. The third-order valence-electron chi connectivity index (χ3n) is 6.68. The average Bonchev–Trinajstić information content (AvgIpc) is 2.84. The van der Waals surface area contributed by atoms with Crippen LogP contribution in [0, 0.1) is 0 Å². The van der Waals surface area contributed by atoms with Gasteiger partial charge in [-0.3, -0.25) is 0 Å². The van der Waals surface area contributed by atoms with E-state index in [0.717, 1.165) is 5.46 Å². The third kappa shape index (κ3) is 2.98. The van der Waals surface area contributed by atoms with Crippen molar-refractivity contribution in [1.29, 1.82) is 0 Å². The van der Waals surface area contributed by atoms with Crippen LogP contribution in [0.25, 0.3) is 21.9 Å². The van der Waals surface area contributed by atoms with Crippen LogP contribution < -0.4 is 5.46 Å². The summed E-state index contributed by atoms with van der Waals surface area (Å²) in [7, 11) is 0.485. The smallest absolute Gasteiger partial charge is 0.309 e. The van der Waals surface area contributed by atoms with Crippen molar-refractivity contribution in [2.24, 2.45) is 0 Å². The van der Waals surface area contributed by atoms with E-state index in [1.807, 2.05) is 13.8 Å². The zero-order chi connectivity index (χ0) is 20.3. The molecule has 0 heterocycles. The standard InChI is InChI=1S/C25H29BO2/c1-23(2)21-14-17-10-8-7-9-16(17)13-20(21)19-12-11-18(15-22(19)23)26-28-25(5,6)24(3,4)27/h7-15,26-27H,1-6H3. The van der Waals surface area contributed by atoms with Crippen molar-refractivity contribution in [2.75, 3.05) is 0 Å². The lowest BCUT2D eigenvalue weighted by atomic mass is 9.77. The minimum atomic E-state index is -0.903. The van der Waals surface area contributed by atoms with E-state index in [1.54, 1.807) is 13.8 Å². The molecule has 3 aromatic carbocycles. The van der Waals surface area contributed by atoms with Gasteiger partial charge in [-0.05, 0) is 72.9 Å². The molecule has 0 amide bonds. The summed E-state index contributed by atoms with van der Waals surface area (Å²) in [6.45, 7) is 12.1. The topological polar surface area (TPSA) is 29.5 Å².